The molecule has 0 bridgehead atoms. The van der Waals surface area contributed by atoms with Gasteiger partial charge in [0.25, 0.3) is 5.91 Å². The first-order chi connectivity index (χ1) is 10.1. The fourth-order valence-electron chi connectivity index (χ4n) is 1.61. The molecule has 0 fully saturated rings. The van der Waals surface area contributed by atoms with Crippen molar-refractivity contribution in [2.24, 2.45) is 0 Å². The van der Waals surface area contributed by atoms with Crippen LogP contribution in [0.4, 0.5) is 16.0 Å². The summed E-state index contributed by atoms with van der Waals surface area (Å²) in [5.41, 5.74) is 0.937. The number of hydrogen-bond donors (Lipinski definition) is 2. The van der Waals surface area contributed by atoms with E-state index in [-0.39, 0.29) is 17.8 Å². The second kappa shape index (κ2) is 6.78. The van der Waals surface area contributed by atoms with Crippen molar-refractivity contribution in [3.05, 3.63) is 48.0 Å². The number of nitrogens with one attached hydrogen (secondary N) is 2. The monoisotopic (exact) mass is 288 g/mol. The van der Waals surface area contributed by atoms with Crippen molar-refractivity contribution < 1.29 is 9.18 Å². The summed E-state index contributed by atoms with van der Waals surface area (Å²) in [5.74, 6) is -0.244. The quantitative estimate of drug-likeness (QED) is 0.887. The van der Waals surface area contributed by atoms with E-state index in [2.05, 4.69) is 20.6 Å². The van der Waals surface area contributed by atoms with Crippen molar-refractivity contribution in [2.75, 3.05) is 5.32 Å². The van der Waals surface area contributed by atoms with Gasteiger partial charge in [0.2, 0.25) is 5.95 Å². The van der Waals surface area contributed by atoms with Gasteiger partial charge in [0.05, 0.1) is 5.56 Å². The Balaban J connectivity index is 2.03. The maximum absolute atomic E-state index is 13.1. The second-order valence-corrected chi connectivity index (χ2v) is 4.71. The molecule has 5 nitrogen and oxygen atoms in total. The summed E-state index contributed by atoms with van der Waals surface area (Å²) < 4.78 is 13.1. The van der Waals surface area contributed by atoms with E-state index in [1.165, 1.54) is 24.5 Å². The third-order valence-electron chi connectivity index (χ3n) is 2.98. The zero-order valence-electron chi connectivity index (χ0n) is 11.9. The van der Waals surface area contributed by atoms with Gasteiger partial charge in [-0.1, -0.05) is 13.0 Å². The maximum atomic E-state index is 13.1. The molecule has 0 spiro atoms. The van der Waals surface area contributed by atoms with Crippen molar-refractivity contribution >= 4 is 17.5 Å². The number of benzene rings is 1. The first kappa shape index (κ1) is 14.9. The number of rotatable bonds is 5. The molecular weight excluding hydrogens is 271 g/mol. The third-order valence-corrected chi connectivity index (χ3v) is 2.98. The zero-order valence-corrected chi connectivity index (χ0v) is 11.9. The molecule has 2 rings (SSSR count). The lowest BCUT2D eigenvalue weighted by Crippen LogP contribution is -2.32. The molecule has 0 aliphatic carbocycles. The maximum Gasteiger partial charge on any atom is 0.254 e. The van der Waals surface area contributed by atoms with Gasteiger partial charge in [-0.2, -0.15) is 0 Å². The number of aromatic nitrogens is 2. The molecule has 1 aromatic heterocycles. The SMILES string of the molecule is CCC(C)NC(=O)c1cnc(Nc2cccc(F)c2)nc1. The molecule has 6 heteroatoms. The Labute approximate surface area is 122 Å². The van der Waals surface area contributed by atoms with Crippen molar-refractivity contribution in [3.63, 3.8) is 0 Å². The number of carbonyl (C=O) groups excluding carboxylic acids is 1. The van der Waals surface area contributed by atoms with Gasteiger partial charge in [0, 0.05) is 24.1 Å². The van der Waals surface area contributed by atoms with Crippen molar-refractivity contribution in [3.8, 4) is 0 Å². The minimum atomic E-state index is -0.343. The highest BCUT2D eigenvalue weighted by atomic mass is 19.1. The number of hydrogen-bond acceptors (Lipinski definition) is 4. The second-order valence-electron chi connectivity index (χ2n) is 4.71. The fourth-order valence-corrected chi connectivity index (χ4v) is 1.61. The summed E-state index contributed by atoms with van der Waals surface area (Å²) in [6.45, 7) is 3.92. The Kier molecular flexibility index (Phi) is 4.81. The number of halogens is 1. The molecule has 0 saturated heterocycles. The van der Waals surface area contributed by atoms with Crippen LogP contribution in [0.3, 0.4) is 0 Å². The largest absolute Gasteiger partial charge is 0.350 e. The molecule has 0 radical (unpaired) electrons. The summed E-state index contributed by atoms with van der Waals surface area (Å²) >= 11 is 0. The first-order valence-corrected chi connectivity index (χ1v) is 6.74. The molecular formula is C15H17FN4O. The van der Waals surface area contributed by atoms with Gasteiger partial charge in [-0.05, 0) is 31.5 Å². The van der Waals surface area contributed by atoms with Crippen LogP contribution in [0.25, 0.3) is 0 Å². The lowest BCUT2D eigenvalue weighted by molar-refractivity contribution is 0.0938. The minimum absolute atomic E-state index is 0.0996. The van der Waals surface area contributed by atoms with Crippen LogP contribution in [0.15, 0.2) is 36.7 Å². The molecule has 110 valence electrons. The highest BCUT2D eigenvalue weighted by Gasteiger charge is 2.09. The first-order valence-electron chi connectivity index (χ1n) is 6.74. The molecule has 1 unspecified atom stereocenters. The fraction of sp³-hybridized carbons (Fsp3) is 0.267. The summed E-state index contributed by atoms with van der Waals surface area (Å²) in [7, 11) is 0. The Morgan fingerprint density at radius 1 is 1.33 bits per heavy atom. The molecule has 21 heavy (non-hydrogen) atoms. The highest BCUT2D eigenvalue weighted by Crippen LogP contribution is 2.13. The van der Waals surface area contributed by atoms with Crippen LogP contribution >= 0.6 is 0 Å². The van der Waals surface area contributed by atoms with E-state index in [4.69, 9.17) is 0 Å². The normalized spacial score (nSPS) is 11.8. The van der Waals surface area contributed by atoms with Crippen LogP contribution in [-0.2, 0) is 0 Å². The third kappa shape index (κ3) is 4.24. The molecule has 0 aliphatic heterocycles. The molecule has 1 atom stereocenters. The summed E-state index contributed by atoms with van der Waals surface area (Å²) in [6, 6.07) is 6.09. The molecule has 2 aromatic rings. The summed E-state index contributed by atoms with van der Waals surface area (Å²) in [6.07, 6.45) is 3.73. The van der Waals surface area contributed by atoms with Gasteiger partial charge in [-0.15, -0.1) is 0 Å². The topological polar surface area (TPSA) is 66.9 Å². The Hall–Kier alpha value is -2.50. The standard InChI is InChI=1S/C15H17FN4O/c1-3-10(2)19-14(21)11-8-17-15(18-9-11)20-13-6-4-5-12(16)7-13/h4-10H,3H2,1-2H3,(H,19,21)(H,17,18,20). The van der Waals surface area contributed by atoms with Crippen molar-refractivity contribution in [1.29, 1.82) is 0 Å². The van der Waals surface area contributed by atoms with Gasteiger partial charge in [-0.3, -0.25) is 4.79 Å². The Morgan fingerprint density at radius 3 is 2.67 bits per heavy atom. The van der Waals surface area contributed by atoms with E-state index in [0.717, 1.165) is 6.42 Å². The van der Waals surface area contributed by atoms with Gasteiger partial charge in [0.1, 0.15) is 5.82 Å². The van der Waals surface area contributed by atoms with E-state index >= 15 is 0 Å². The van der Waals surface area contributed by atoms with Crippen LogP contribution in [-0.4, -0.2) is 21.9 Å². The Bertz CT molecular complexity index is 615. The van der Waals surface area contributed by atoms with Crippen LogP contribution in [0.1, 0.15) is 30.6 Å². The molecule has 1 aromatic carbocycles. The number of amides is 1. The lowest BCUT2D eigenvalue weighted by atomic mass is 10.2. The van der Waals surface area contributed by atoms with E-state index in [1.807, 2.05) is 13.8 Å². The minimum Gasteiger partial charge on any atom is -0.350 e. The van der Waals surface area contributed by atoms with Gasteiger partial charge < -0.3 is 10.6 Å². The predicted molar refractivity (Wildman–Crippen MR) is 78.9 cm³/mol. The molecule has 0 aliphatic rings. The highest BCUT2D eigenvalue weighted by molar-refractivity contribution is 5.93. The molecule has 2 N–H and O–H groups in total. The van der Waals surface area contributed by atoms with Crippen LogP contribution in [0.2, 0.25) is 0 Å². The van der Waals surface area contributed by atoms with Crippen molar-refractivity contribution in [2.45, 2.75) is 26.3 Å². The van der Waals surface area contributed by atoms with E-state index in [0.29, 0.717) is 17.2 Å². The van der Waals surface area contributed by atoms with Gasteiger partial charge >= 0.3 is 0 Å². The smallest absolute Gasteiger partial charge is 0.254 e. The van der Waals surface area contributed by atoms with Crippen LogP contribution < -0.4 is 10.6 Å². The molecule has 1 heterocycles. The van der Waals surface area contributed by atoms with Crippen molar-refractivity contribution in [1.82, 2.24) is 15.3 Å². The predicted octanol–water partition coefficient (Wildman–Crippen LogP) is 2.89. The number of nitrogens with zero attached hydrogens (tertiary/aromatic N) is 2. The lowest BCUT2D eigenvalue weighted by Gasteiger charge is -2.11. The van der Waals surface area contributed by atoms with Gasteiger partial charge in [0.15, 0.2) is 0 Å². The zero-order chi connectivity index (χ0) is 15.2. The summed E-state index contributed by atoms with van der Waals surface area (Å²) in [5, 5.41) is 5.70. The summed E-state index contributed by atoms with van der Waals surface area (Å²) in [4.78, 5) is 20.0. The number of anilines is 2. The molecule has 1 amide bonds. The van der Waals surface area contributed by atoms with E-state index < -0.39 is 0 Å². The number of carbonyl (C=O) groups is 1. The average Bonchev–Trinajstić information content (AvgIpc) is 2.47. The molecule has 0 saturated carbocycles. The van der Waals surface area contributed by atoms with E-state index in [9.17, 15) is 9.18 Å². The average molecular weight is 288 g/mol. The van der Waals surface area contributed by atoms with E-state index in [1.54, 1.807) is 12.1 Å². The van der Waals surface area contributed by atoms with Crippen LogP contribution in [0, 0.1) is 5.82 Å². The van der Waals surface area contributed by atoms with Crippen LogP contribution in [0.5, 0.6) is 0 Å². The Morgan fingerprint density at radius 2 is 2.05 bits per heavy atom. The van der Waals surface area contributed by atoms with Gasteiger partial charge in [-0.25, -0.2) is 14.4 Å².